The summed E-state index contributed by atoms with van der Waals surface area (Å²) in [5.74, 6) is -1.06. The minimum atomic E-state index is -3.75. The van der Waals surface area contributed by atoms with E-state index in [0.717, 1.165) is 10.5 Å². The first kappa shape index (κ1) is 16.1. The molecule has 8 heteroatoms. The minimum absolute atomic E-state index is 0.00495. The van der Waals surface area contributed by atoms with Gasteiger partial charge in [0.1, 0.15) is 16.7 Å². The second kappa shape index (κ2) is 6.45. The normalized spacial score (nSPS) is 12.8. The van der Waals surface area contributed by atoms with Crippen LogP contribution < -0.4 is 0 Å². The Morgan fingerprint density at radius 1 is 1.55 bits per heavy atom. The number of hydrogen-bond acceptors (Lipinski definition) is 6. The first-order valence-electron chi connectivity index (χ1n) is 5.73. The predicted molar refractivity (Wildman–Crippen MR) is 69.9 cm³/mol. The van der Waals surface area contributed by atoms with Crippen molar-refractivity contribution < 1.29 is 17.9 Å². The molecule has 0 spiro atoms. The fraction of sp³-hybridized carbons (Fsp3) is 0.417. The van der Waals surface area contributed by atoms with Crippen molar-refractivity contribution in [2.75, 3.05) is 20.7 Å². The number of carbonyl (C=O) groups excluding carboxylic acids is 1. The molecule has 0 N–H and O–H groups in total. The van der Waals surface area contributed by atoms with Crippen molar-refractivity contribution in [1.82, 2.24) is 9.29 Å². The van der Waals surface area contributed by atoms with E-state index in [-0.39, 0.29) is 17.1 Å². The van der Waals surface area contributed by atoms with Gasteiger partial charge in [-0.25, -0.2) is 17.7 Å². The Kier molecular flexibility index (Phi) is 5.19. The molecular formula is C12H15N3O4S. The minimum Gasteiger partial charge on any atom is -0.469 e. The van der Waals surface area contributed by atoms with Crippen LogP contribution in [0.15, 0.2) is 23.2 Å². The lowest BCUT2D eigenvalue weighted by Gasteiger charge is -2.19. The van der Waals surface area contributed by atoms with E-state index in [9.17, 15) is 13.2 Å². The summed E-state index contributed by atoms with van der Waals surface area (Å²) in [6, 6.07) is 4.44. The topological polar surface area (TPSA) is 100 Å². The molecule has 1 aromatic heterocycles. The van der Waals surface area contributed by atoms with Crippen LogP contribution in [0.4, 0.5) is 0 Å². The van der Waals surface area contributed by atoms with Gasteiger partial charge >= 0.3 is 5.97 Å². The highest BCUT2D eigenvalue weighted by atomic mass is 32.2. The van der Waals surface area contributed by atoms with Crippen LogP contribution >= 0.6 is 0 Å². The zero-order valence-electron chi connectivity index (χ0n) is 11.4. The number of carbonyl (C=O) groups is 1. The number of methoxy groups -OCH3 is 1. The van der Waals surface area contributed by atoms with E-state index in [4.69, 9.17) is 5.26 Å². The third-order valence-corrected chi connectivity index (χ3v) is 4.50. The monoisotopic (exact) mass is 297 g/mol. The second-order valence-corrected chi connectivity index (χ2v) is 6.25. The quantitative estimate of drug-likeness (QED) is 0.728. The van der Waals surface area contributed by atoms with E-state index in [1.54, 1.807) is 6.92 Å². The van der Waals surface area contributed by atoms with Gasteiger partial charge in [0.2, 0.25) is 10.0 Å². The molecule has 20 heavy (non-hydrogen) atoms. The largest absolute Gasteiger partial charge is 0.469 e. The fourth-order valence-electron chi connectivity index (χ4n) is 1.54. The molecule has 0 aromatic carbocycles. The number of pyridine rings is 1. The maximum absolute atomic E-state index is 12.2. The van der Waals surface area contributed by atoms with Gasteiger partial charge in [-0.3, -0.25) is 4.79 Å². The fourth-order valence-corrected chi connectivity index (χ4v) is 2.74. The molecule has 0 saturated carbocycles. The van der Waals surface area contributed by atoms with Gasteiger partial charge in [0, 0.05) is 19.8 Å². The van der Waals surface area contributed by atoms with Crippen LogP contribution in [0.5, 0.6) is 0 Å². The molecule has 0 aliphatic carbocycles. The van der Waals surface area contributed by atoms with E-state index in [0.29, 0.717) is 0 Å². The summed E-state index contributed by atoms with van der Waals surface area (Å²) in [6.45, 7) is 1.57. The van der Waals surface area contributed by atoms with Gasteiger partial charge in [0.05, 0.1) is 13.0 Å². The van der Waals surface area contributed by atoms with Gasteiger partial charge in [0.15, 0.2) is 0 Å². The van der Waals surface area contributed by atoms with Crippen LogP contribution in [0.1, 0.15) is 12.6 Å². The molecule has 0 aliphatic heterocycles. The van der Waals surface area contributed by atoms with Crippen molar-refractivity contribution in [1.29, 1.82) is 5.26 Å². The highest BCUT2D eigenvalue weighted by Gasteiger charge is 2.25. The summed E-state index contributed by atoms with van der Waals surface area (Å²) >= 11 is 0. The van der Waals surface area contributed by atoms with Crippen LogP contribution in [-0.2, 0) is 19.6 Å². The zero-order chi connectivity index (χ0) is 15.3. The number of nitrogens with zero attached hydrogens (tertiary/aromatic N) is 3. The van der Waals surface area contributed by atoms with E-state index < -0.39 is 21.9 Å². The van der Waals surface area contributed by atoms with Crippen molar-refractivity contribution in [2.24, 2.45) is 5.92 Å². The van der Waals surface area contributed by atoms with E-state index in [2.05, 4.69) is 9.72 Å². The van der Waals surface area contributed by atoms with E-state index in [1.807, 2.05) is 6.07 Å². The van der Waals surface area contributed by atoms with Crippen molar-refractivity contribution in [3.05, 3.63) is 24.0 Å². The summed E-state index contributed by atoms with van der Waals surface area (Å²) in [4.78, 5) is 15.0. The average molecular weight is 297 g/mol. The number of nitriles is 1. The molecule has 1 rings (SSSR count). The number of rotatable bonds is 5. The van der Waals surface area contributed by atoms with Gasteiger partial charge in [-0.2, -0.15) is 5.26 Å². The van der Waals surface area contributed by atoms with Crippen LogP contribution in [0.25, 0.3) is 0 Å². The summed E-state index contributed by atoms with van der Waals surface area (Å²) in [5.41, 5.74) is 0.134. The van der Waals surface area contributed by atoms with Crippen molar-refractivity contribution >= 4 is 16.0 Å². The summed E-state index contributed by atoms with van der Waals surface area (Å²) in [5, 5.41) is 8.62. The molecule has 0 saturated heterocycles. The van der Waals surface area contributed by atoms with Crippen molar-refractivity contribution in [2.45, 2.75) is 11.8 Å². The van der Waals surface area contributed by atoms with Crippen LogP contribution in [0.3, 0.4) is 0 Å². The van der Waals surface area contributed by atoms with Crippen LogP contribution in [0, 0.1) is 17.2 Å². The predicted octanol–water partition coefficient (Wildman–Crippen LogP) is 0.383. The summed E-state index contributed by atoms with van der Waals surface area (Å²) in [7, 11) is -1.13. The molecular weight excluding hydrogens is 282 g/mol. The van der Waals surface area contributed by atoms with E-state index in [1.165, 1.54) is 26.3 Å². The van der Waals surface area contributed by atoms with Gasteiger partial charge in [-0.15, -0.1) is 0 Å². The lowest BCUT2D eigenvalue weighted by molar-refractivity contribution is -0.144. The Hall–Kier alpha value is -1.98. The van der Waals surface area contributed by atoms with E-state index >= 15 is 0 Å². The SMILES string of the molecule is COC(=O)C(C)CN(C)S(=O)(=O)c1ccc(C#N)nc1. The second-order valence-electron chi connectivity index (χ2n) is 4.20. The lowest BCUT2D eigenvalue weighted by atomic mass is 10.2. The Balaban J connectivity index is 2.92. The van der Waals surface area contributed by atoms with Gasteiger partial charge in [-0.1, -0.05) is 6.92 Å². The van der Waals surface area contributed by atoms with Crippen LogP contribution in [0.2, 0.25) is 0 Å². The number of aromatic nitrogens is 1. The highest BCUT2D eigenvalue weighted by Crippen LogP contribution is 2.15. The zero-order valence-corrected chi connectivity index (χ0v) is 12.2. The maximum atomic E-state index is 12.2. The summed E-state index contributed by atoms with van der Waals surface area (Å²) < 4.78 is 30.1. The molecule has 0 amide bonds. The van der Waals surface area contributed by atoms with Gasteiger partial charge in [-0.05, 0) is 12.1 Å². The molecule has 0 bridgehead atoms. The lowest BCUT2D eigenvalue weighted by Crippen LogP contribution is -2.34. The third-order valence-electron chi connectivity index (χ3n) is 2.69. The van der Waals surface area contributed by atoms with Crippen molar-refractivity contribution in [3.8, 4) is 6.07 Å². The molecule has 0 fully saturated rings. The molecule has 0 radical (unpaired) electrons. The number of esters is 1. The molecule has 108 valence electrons. The Labute approximate surface area is 117 Å². The maximum Gasteiger partial charge on any atom is 0.309 e. The molecule has 1 unspecified atom stereocenters. The third kappa shape index (κ3) is 3.53. The van der Waals surface area contributed by atoms with Gasteiger partial charge in [0.25, 0.3) is 0 Å². The highest BCUT2D eigenvalue weighted by molar-refractivity contribution is 7.89. The molecule has 0 aliphatic rings. The van der Waals surface area contributed by atoms with Crippen LogP contribution in [-0.4, -0.2) is 44.4 Å². The Morgan fingerprint density at radius 3 is 2.65 bits per heavy atom. The standard InChI is InChI=1S/C12H15N3O4S/c1-9(12(16)19-3)8-15(2)20(17,18)11-5-4-10(6-13)14-7-11/h4-5,7,9H,8H2,1-3H3. The number of sulfonamides is 1. The van der Waals surface area contributed by atoms with Gasteiger partial charge < -0.3 is 4.74 Å². The van der Waals surface area contributed by atoms with Crippen molar-refractivity contribution in [3.63, 3.8) is 0 Å². The molecule has 1 aromatic rings. The smallest absolute Gasteiger partial charge is 0.309 e. The Morgan fingerprint density at radius 2 is 2.20 bits per heavy atom. The number of hydrogen-bond donors (Lipinski definition) is 0. The first-order valence-corrected chi connectivity index (χ1v) is 7.17. The number of ether oxygens (including phenoxy) is 1. The first-order chi connectivity index (χ1) is 9.32. The molecule has 1 heterocycles. The molecule has 7 nitrogen and oxygen atoms in total. The Bertz CT molecular complexity index is 619. The molecule has 1 atom stereocenters. The summed E-state index contributed by atoms with van der Waals surface area (Å²) in [6.07, 6.45) is 1.12. The average Bonchev–Trinajstić information content (AvgIpc) is 2.46.